The van der Waals surface area contributed by atoms with Crippen LogP contribution in [0.4, 0.5) is 11.4 Å². The molecule has 1 atom stereocenters. The largest absolute Gasteiger partial charge is 0.508 e. The molecule has 0 spiro atoms. The zero-order valence-corrected chi connectivity index (χ0v) is 15.5. The fourth-order valence-electron chi connectivity index (χ4n) is 3.17. The Kier molecular flexibility index (Phi) is 4.77. The number of amides is 1. The second-order valence-electron chi connectivity index (χ2n) is 6.55. The van der Waals surface area contributed by atoms with Crippen LogP contribution in [0.1, 0.15) is 27.7 Å². The van der Waals surface area contributed by atoms with Gasteiger partial charge < -0.3 is 15.5 Å². The average molecular weight is 404 g/mol. The van der Waals surface area contributed by atoms with E-state index in [2.05, 4.69) is 10.4 Å². The number of nitrogens with one attached hydrogen (secondary N) is 1. The summed E-state index contributed by atoms with van der Waals surface area (Å²) in [6, 6.07) is 16.8. The summed E-state index contributed by atoms with van der Waals surface area (Å²) in [5.74, 6) is -0.591. The Balaban J connectivity index is 1.81. The summed E-state index contributed by atoms with van der Waals surface area (Å²) in [5.41, 5.74) is 1.04. The Morgan fingerprint density at radius 3 is 2.43 bits per heavy atom. The quantitative estimate of drug-likeness (QED) is 0.346. The molecule has 3 aromatic carbocycles. The average Bonchev–Trinajstić information content (AvgIpc) is 2.74. The van der Waals surface area contributed by atoms with Gasteiger partial charge in [-0.1, -0.05) is 30.3 Å². The number of anilines is 1. The molecule has 1 aliphatic heterocycles. The van der Waals surface area contributed by atoms with E-state index in [1.807, 2.05) is 0 Å². The second kappa shape index (κ2) is 7.55. The molecule has 0 fully saturated rings. The van der Waals surface area contributed by atoms with Crippen molar-refractivity contribution >= 4 is 23.5 Å². The molecule has 0 aliphatic carbocycles. The molecule has 0 radical (unpaired) electrons. The number of nitrogens with zero attached hydrogens (tertiary/aromatic N) is 3. The van der Waals surface area contributed by atoms with Crippen LogP contribution in [0, 0.1) is 10.1 Å². The molecule has 0 bridgehead atoms. The lowest BCUT2D eigenvalue weighted by atomic mass is 10.0. The van der Waals surface area contributed by atoms with E-state index in [0.29, 0.717) is 11.1 Å². The minimum Gasteiger partial charge on any atom is -0.508 e. The number of carbonyl (C=O) groups excluding carboxylic acids is 1. The van der Waals surface area contributed by atoms with Crippen molar-refractivity contribution < 1.29 is 19.9 Å². The van der Waals surface area contributed by atoms with Crippen LogP contribution in [0.25, 0.3) is 0 Å². The molecule has 1 unspecified atom stereocenters. The van der Waals surface area contributed by atoms with Crippen LogP contribution < -0.4 is 5.32 Å². The van der Waals surface area contributed by atoms with Crippen LogP contribution in [0.5, 0.6) is 11.5 Å². The maximum atomic E-state index is 13.2. The third kappa shape index (κ3) is 3.39. The summed E-state index contributed by atoms with van der Waals surface area (Å²) in [5, 5.41) is 39.8. The maximum absolute atomic E-state index is 13.2. The van der Waals surface area contributed by atoms with Crippen molar-refractivity contribution in [1.82, 2.24) is 5.01 Å². The first kappa shape index (κ1) is 18.9. The number of para-hydroxylation sites is 2. The number of hydrazone groups is 1. The topological polar surface area (TPSA) is 128 Å². The standard InChI is InChI=1S/C21H16N4O5/c26-18-7-3-1-5-13(18)12-22-24-20(16-6-2-4-8-19(16)27)23-17-11-14(25(29)30)9-10-15(17)21(24)28/h1-12,20,23,26-27H/b22-12+. The van der Waals surface area contributed by atoms with Gasteiger partial charge in [-0.25, -0.2) is 5.01 Å². The summed E-state index contributed by atoms with van der Waals surface area (Å²) < 4.78 is 0. The molecule has 0 saturated carbocycles. The zero-order valence-electron chi connectivity index (χ0n) is 15.5. The number of phenolic OH excluding ortho intramolecular Hbond substituents is 2. The molecule has 30 heavy (non-hydrogen) atoms. The molecule has 4 rings (SSSR count). The Morgan fingerprint density at radius 2 is 1.73 bits per heavy atom. The zero-order chi connectivity index (χ0) is 21.3. The van der Waals surface area contributed by atoms with Gasteiger partial charge >= 0.3 is 0 Å². The number of fused-ring (bicyclic) bond motifs is 1. The molecule has 9 heteroatoms. The predicted molar refractivity (Wildman–Crippen MR) is 109 cm³/mol. The predicted octanol–water partition coefficient (Wildman–Crippen LogP) is 3.61. The number of phenols is 2. The van der Waals surface area contributed by atoms with E-state index < -0.39 is 17.0 Å². The smallest absolute Gasteiger partial charge is 0.278 e. The van der Waals surface area contributed by atoms with E-state index >= 15 is 0 Å². The summed E-state index contributed by atoms with van der Waals surface area (Å²) in [6.07, 6.45) is 0.411. The first-order valence-corrected chi connectivity index (χ1v) is 8.94. The van der Waals surface area contributed by atoms with Crippen molar-refractivity contribution in [3.8, 4) is 11.5 Å². The van der Waals surface area contributed by atoms with Crippen molar-refractivity contribution in [2.45, 2.75) is 6.17 Å². The van der Waals surface area contributed by atoms with E-state index in [0.717, 1.165) is 5.01 Å². The van der Waals surface area contributed by atoms with E-state index in [1.54, 1.807) is 36.4 Å². The summed E-state index contributed by atoms with van der Waals surface area (Å²) in [6.45, 7) is 0. The summed E-state index contributed by atoms with van der Waals surface area (Å²) in [7, 11) is 0. The van der Waals surface area contributed by atoms with Crippen LogP contribution >= 0.6 is 0 Å². The molecule has 0 aromatic heterocycles. The van der Waals surface area contributed by atoms with Crippen LogP contribution in [0.2, 0.25) is 0 Å². The van der Waals surface area contributed by atoms with Crippen molar-refractivity contribution in [1.29, 1.82) is 0 Å². The fraction of sp³-hybridized carbons (Fsp3) is 0.0476. The number of hydrogen-bond acceptors (Lipinski definition) is 7. The molecule has 1 aliphatic rings. The van der Waals surface area contributed by atoms with Crippen LogP contribution in [0.15, 0.2) is 71.8 Å². The SMILES string of the molecule is O=C1c2ccc([N+](=O)[O-])cc2NC(c2ccccc2O)N1/N=C/c1ccccc1O. The molecular formula is C21H16N4O5. The number of rotatable bonds is 4. The second-order valence-corrected chi connectivity index (χ2v) is 6.55. The van der Waals surface area contributed by atoms with Gasteiger partial charge in [0.15, 0.2) is 6.17 Å². The molecule has 9 nitrogen and oxygen atoms in total. The van der Waals surface area contributed by atoms with E-state index in [-0.39, 0.29) is 28.4 Å². The minimum absolute atomic E-state index is 0.00574. The van der Waals surface area contributed by atoms with Gasteiger partial charge in [0.05, 0.1) is 22.4 Å². The highest BCUT2D eigenvalue weighted by Crippen LogP contribution is 2.38. The Hall–Kier alpha value is -4.40. The molecule has 1 amide bonds. The molecule has 3 aromatic rings. The van der Waals surface area contributed by atoms with Crippen LogP contribution in [-0.2, 0) is 0 Å². The highest BCUT2D eigenvalue weighted by molar-refractivity contribution is 6.02. The number of nitro benzene ring substituents is 1. The first-order valence-electron chi connectivity index (χ1n) is 8.94. The van der Waals surface area contributed by atoms with Gasteiger partial charge in [-0.3, -0.25) is 14.9 Å². The van der Waals surface area contributed by atoms with Gasteiger partial charge in [-0.2, -0.15) is 5.10 Å². The normalized spacial score (nSPS) is 15.7. The van der Waals surface area contributed by atoms with Gasteiger partial charge in [0.1, 0.15) is 11.5 Å². The number of hydrogen-bond donors (Lipinski definition) is 3. The van der Waals surface area contributed by atoms with Crippen molar-refractivity contribution in [2.75, 3.05) is 5.32 Å². The first-order chi connectivity index (χ1) is 14.5. The monoisotopic (exact) mass is 404 g/mol. The molecule has 1 heterocycles. The van der Waals surface area contributed by atoms with Gasteiger partial charge in [0.25, 0.3) is 11.6 Å². The highest BCUT2D eigenvalue weighted by Gasteiger charge is 2.35. The van der Waals surface area contributed by atoms with E-state index in [4.69, 9.17) is 0 Å². The lowest BCUT2D eigenvalue weighted by Gasteiger charge is -2.34. The van der Waals surface area contributed by atoms with Gasteiger partial charge in [0, 0.05) is 23.3 Å². The number of aromatic hydroxyl groups is 2. The summed E-state index contributed by atoms with van der Waals surface area (Å²) >= 11 is 0. The molecule has 3 N–H and O–H groups in total. The molecular weight excluding hydrogens is 388 g/mol. The van der Waals surface area contributed by atoms with E-state index in [9.17, 15) is 25.1 Å². The van der Waals surface area contributed by atoms with Crippen molar-refractivity contribution in [3.63, 3.8) is 0 Å². The number of carbonyl (C=O) groups is 1. The highest BCUT2D eigenvalue weighted by atomic mass is 16.6. The number of non-ortho nitro benzene ring substituents is 1. The van der Waals surface area contributed by atoms with Gasteiger partial charge in [0.2, 0.25) is 0 Å². The summed E-state index contributed by atoms with van der Waals surface area (Å²) in [4.78, 5) is 23.7. The molecule has 150 valence electrons. The third-order valence-electron chi connectivity index (χ3n) is 4.68. The van der Waals surface area contributed by atoms with Crippen molar-refractivity contribution in [2.24, 2.45) is 5.10 Å². The molecule has 0 saturated heterocycles. The Bertz CT molecular complexity index is 1180. The van der Waals surface area contributed by atoms with Gasteiger partial charge in [-0.15, -0.1) is 0 Å². The fourth-order valence-corrected chi connectivity index (χ4v) is 3.17. The van der Waals surface area contributed by atoms with E-state index in [1.165, 1.54) is 36.5 Å². The van der Waals surface area contributed by atoms with Gasteiger partial charge in [-0.05, 0) is 24.3 Å². The van der Waals surface area contributed by atoms with Crippen molar-refractivity contribution in [3.05, 3.63) is 93.5 Å². The number of benzene rings is 3. The third-order valence-corrected chi connectivity index (χ3v) is 4.68. The minimum atomic E-state index is -0.921. The number of nitro groups is 1. The Morgan fingerprint density at radius 1 is 1.03 bits per heavy atom. The maximum Gasteiger partial charge on any atom is 0.278 e. The Labute approximate surface area is 170 Å². The lowest BCUT2D eigenvalue weighted by molar-refractivity contribution is -0.384. The lowest BCUT2D eigenvalue weighted by Crippen LogP contribution is -2.39. The van der Waals surface area contributed by atoms with Crippen LogP contribution in [-0.4, -0.2) is 32.3 Å². The van der Waals surface area contributed by atoms with Crippen LogP contribution in [0.3, 0.4) is 0 Å².